The fraction of sp³-hybridized carbons (Fsp3) is 0.591. The second kappa shape index (κ2) is 9.98. The van der Waals surface area contributed by atoms with Crippen molar-refractivity contribution in [3.05, 3.63) is 30.7 Å². The Morgan fingerprint density at radius 1 is 0.966 bits per heavy atom. The highest BCUT2D eigenvalue weighted by Crippen LogP contribution is 2.29. The highest BCUT2D eigenvalue weighted by Gasteiger charge is 2.22. The third-order valence-corrected chi connectivity index (χ3v) is 5.80. The largest absolute Gasteiger partial charge is 0.385 e. The number of hydrogen-bond donors (Lipinski definition) is 3. The molecule has 0 saturated heterocycles. The van der Waals surface area contributed by atoms with E-state index in [-0.39, 0.29) is 0 Å². The average Bonchev–Trinajstić information content (AvgIpc) is 3.59. The molecule has 0 aromatic carbocycles. The van der Waals surface area contributed by atoms with Crippen LogP contribution in [-0.4, -0.2) is 53.8 Å². The van der Waals surface area contributed by atoms with Crippen LogP contribution >= 0.6 is 0 Å². The molecule has 156 valence electrons. The first-order valence-electron chi connectivity index (χ1n) is 10.8. The molecule has 2 aliphatic rings. The minimum Gasteiger partial charge on any atom is -0.385 e. The molecule has 2 aliphatic carbocycles. The van der Waals surface area contributed by atoms with Crippen LogP contribution in [-0.2, 0) is 4.74 Å². The topological polar surface area (TPSA) is 84.0 Å². The summed E-state index contributed by atoms with van der Waals surface area (Å²) in [5.74, 6) is 1.72. The third-order valence-electron chi connectivity index (χ3n) is 5.80. The van der Waals surface area contributed by atoms with Gasteiger partial charge in [0.2, 0.25) is 0 Å². The van der Waals surface area contributed by atoms with Gasteiger partial charge in [0.15, 0.2) is 0 Å². The van der Waals surface area contributed by atoms with Crippen molar-refractivity contribution in [2.75, 3.05) is 37.4 Å². The van der Waals surface area contributed by atoms with Crippen molar-refractivity contribution >= 4 is 11.5 Å². The van der Waals surface area contributed by atoms with Crippen molar-refractivity contribution in [1.29, 1.82) is 0 Å². The molecule has 0 aliphatic heterocycles. The molecular formula is C22H32N6O. The average molecular weight is 397 g/mol. The lowest BCUT2D eigenvalue weighted by Crippen LogP contribution is -2.38. The lowest BCUT2D eigenvalue weighted by Gasteiger charge is -2.30. The molecule has 0 radical (unpaired) electrons. The summed E-state index contributed by atoms with van der Waals surface area (Å²) in [6, 6.07) is 7.16. The van der Waals surface area contributed by atoms with Gasteiger partial charge in [0.05, 0.1) is 18.0 Å². The van der Waals surface area contributed by atoms with E-state index in [1.807, 2.05) is 18.3 Å². The lowest BCUT2D eigenvalue weighted by atomic mass is 9.91. The Bertz CT molecular complexity index is 773. The van der Waals surface area contributed by atoms with Crippen LogP contribution in [0, 0.1) is 5.92 Å². The van der Waals surface area contributed by atoms with E-state index in [0.29, 0.717) is 12.1 Å². The number of rotatable bonds is 10. The van der Waals surface area contributed by atoms with Crippen molar-refractivity contribution < 1.29 is 4.74 Å². The molecule has 0 bridgehead atoms. The Kier molecular flexibility index (Phi) is 6.90. The van der Waals surface area contributed by atoms with Crippen LogP contribution in [0.25, 0.3) is 11.4 Å². The van der Waals surface area contributed by atoms with Gasteiger partial charge in [0.1, 0.15) is 12.1 Å². The van der Waals surface area contributed by atoms with Crippen molar-refractivity contribution in [3.63, 3.8) is 0 Å². The summed E-state index contributed by atoms with van der Waals surface area (Å²) in [5.41, 5.74) is 2.84. The highest BCUT2D eigenvalue weighted by atomic mass is 16.5. The monoisotopic (exact) mass is 396 g/mol. The van der Waals surface area contributed by atoms with Gasteiger partial charge in [0, 0.05) is 50.2 Å². The molecule has 2 fully saturated rings. The number of ether oxygens (including phenoxy) is 1. The van der Waals surface area contributed by atoms with Gasteiger partial charge < -0.3 is 20.7 Å². The molecule has 29 heavy (non-hydrogen) atoms. The van der Waals surface area contributed by atoms with Crippen LogP contribution in [0.5, 0.6) is 0 Å². The van der Waals surface area contributed by atoms with Gasteiger partial charge in [-0.3, -0.25) is 4.98 Å². The molecule has 3 N–H and O–H groups in total. The van der Waals surface area contributed by atoms with Gasteiger partial charge in [-0.25, -0.2) is 9.97 Å². The molecule has 2 aromatic rings. The first kappa shape index (κ1) is 20.0. The number of pyridine rings is 1. The highest BCUT2D eigenvalue weighted by molar-refractivity contribution is 5.63. The first-order chi connectivity index (χ1) is 14.3. The number of hydrogen-bond acceptors (Lipinski definition) is 7. The van der Waals surface area contributed by atoms with Gasteiger partial charge >= 0.3 is 0 Å². The second-order valence-corrected chi connectivity index (χ2v) is 8.18. The summed E-state index contributed by atoms with van der Waals surface area (Å²) in [5, 5.41) is 10.7. The van der Waals surface area contributed by atoms with Gasteiger partial charge in [-0.2, -0.15) is 0 Å². The van der Waals surface area contributed by atoms with E-state index in [4.69, 9.17) is 4.74 Å². The molecule has 0 atom stereocenters. The van der Waals surface area contributed by atoms with Crippen LogP contribution in [0.1, 0.15) is 38.5 Å². The lowest BCUT2D eigenvalue weighted by molar-refractivity contribution is 0.191. The van der Waals surface area contributed by atoms with Crippen LogP contribution in [0.3, 0.4) is 0 Å². The molecule has 7 heteroatoms. The Hall–Kier alpha value is -2.25. The Balaban J connectivity index is 1.31. The summed E-state index contributed by atoms with van der Waals surface area (Å²) in [6.45, 7) is 2.74. The smallest absolute Gasteiger partial charge is 0.130 e. The van der Waals surface area contributed by atoms with E-state index in [1.54, 1.807) is 13.4 Å². The minimum atomic E-state index is 0.456. The van der Waals surface area contributed by atoms with E-state index in [9.17, 15) is 0 Å². The van der Waals surface area contributed by atoms with Gasteiger partial charge in [-0.15, -0.1) is 0 Å². The summed E-state index contributed by atoms with van der Waals surface area (Å²) >= 11 is 0. The fourth-order valence-corrected chi connectivity index (χ4v) is 3.86. The molecule has 0 spiro atoms. The van der Waals surface area contributed by atoms with Crippen molar-refractivity contribution in [2.24, 2.45) is 5.92 Å². The predicted octanol–water partition coefficient (Wildman–Crippen LogP) is 3.32. The third kappa shape index (κ3) is 6.11. The normalized spacial score (nSPS) is 21.7. The van der Waals surface area contributed by atoms with Crippen LogP contribution < -0.4 is 16.0 Å². The fourth-order valence-electron chi connectivity index (χ4n) is 3.86. The standard InChI is InChI=1S/C22H32N6O/c1-29-11-10-23-17-4-6-18(7-5-17)28-22-13-21(26-15-27-22)20-12-19(8-9-24-20)25-14-16-2-3-16/h8-9,12-13,15-18,23H,2-7,10-11,14H2,1H3,(H,24,25)(H,26,27,28). The van der Waals surface area contributed by atoms with E-state index in [0.717, 1.165) is 61.3 Å². The van der Waals surface area contributed by atoms with E-state index < -0.39 is 0 Å². The number of aromatic nitrogens is 3. The molecule has 4 rings (SSSR count). The van der Waals surface area contributed by atoms with Gasteiger partial charge in [-0.1, -0.05) is 0 Å². The Labute approximate surface area is 173 Å². The molecule has 2 aromatic heterocycles. The summed E-state index contributed by atoms with van der Waals surface area (Å²) in [6.07, 6.45) is 10.8. The van der Waals surface area contributed by atoms with Crippen molar-refractivity contribution in [2.45, 2.75) is 50.6 Å². The SMILES string of the molecule is COCCNC1CCC(Nc2cc(-c3cc(NCC4CC4)ccn3)ncn2)CC1. The molecule has 2 saturated carbocycles. The maximum Gasteiger partial charge on any atom is 0.130 e. The quantitative estimate of drug-likeness (QED) is 0.531. The molecule has 0 amide bonds. The van der Waals surface area contributed by atoms with E-state index in [2.05, 4.69) is 37.0 Å². The van der Waals surface area contributed by atoms with Crippen LogP contribution in [0.15, 0.2) is 30.7 Å². The number of anilines is 2. The van der Waals surface area contributed by atoms with Crippen molar-refractivity contribution in [1.82, 2.24) is 20.3 Å². The zero-order valence-electron chi connectivity index (χ0n) is 17.2. The summed E-state index contributed by atoms with van der Waals surface area (Å²) in [7, 11) is 1.74. The zero-order valence-corrected chi connectivity index (χ0v) is 17.2. The summed E-state index contributed by atoms with van der Waals surface area (Å²) < 4.78 is 5.12. The van der Waals surface area contributed by atoms with Crippen molar-refractivity contribution in [3.8, 4) is 11.4 Å². The molecule has 0 unspecified atom stereocenters. The molecular weight excluding hydrogens is 364 g/mol. The van der Waals surface area contributed by atoms with E-state index >= 15 is 0 Å². The summed E-state index contributed by atoms with van der Waals surface area (Å²) in [4.78, 5) is 13.4. The molecule has 2 heterocycles. The Morgan fingerprint density at radius 2 is 1.76 bits per heavy atom. The maximum atomic E-state index is 5.12. The van der Waals surface area contributed by atoms with Gasteiger partial charge in [0.25, 0.3) is 0 Å². The van der Waals surface area contributed by atoms with E-state index in [1.165, 1.54) is 25.7 Å². The number of nitrogens with zero attached hydrogens (tertiary/aromatic N) is 3. The predicted molar refractivity (Wildman–Crippen MR) is 116 cm³/mol. The van der Waals surface area contributed by atoms with Crippen LogP contribution in [0.2, 0.25) is 0 Å². The second-order valence-electron chi connectivity index (χ2n) is 8.18. The number of nitrogens with one attached hydrogen (secondary N) is 3. The minimum absolute atomic E-state index is 0.456. The maximum absolute atomic E-state index is 5.12. The zero-order chi connectivity index (χ0) is 19.9. The van der Waals surface area contributed by atoms with Crippen LogP contribution in [0.4, 0.5) is 11.5 Å². The first-order valence-corrected chi connectivity index (χ1v) is 10.8. The number of methoxy groups -OCH3 is 1. The molecule has 7 nitrogen and oxygen atoms in total. The Morgan fingerprint density at radius 3 is 2.55 bits per heavy atom. The van der Waals surface area contributed by atoms with Gasteiger partial charge in [-0.05, 0) is 56.6 Å².